The summed E-state index contributed by atoms with van der Waals surface area (Å²) in [5, 5.41) is 3.34. The van der Waals surface area contributed by atoms with Gasteiger partial charge < -0.3 is 10.2 Å². The Bertz CT molecular complexity index is 436. The minimum absolute atomic E-state index is 0.210. The fourth-order valence-electron chi connectivity index (χ4n) is 4.93. The van der Waals surface area contributed by atoms with Crippen LogP contribution in [-0.2, 0) is 0 Å². The number of hydrogen-bond donors (Lipinski definition) is 1. The van der Waals surface area contributed by atoms with Crippen LogP contribution in [0.25, 0.3) is 0 Å². The molecule has 4 nitrogen and oxygen atoms in total. The van der Waals surface area contributed by atoms with Gasteiger partial charge in [-0.15, -0.1) is 0 Å². The van der Waals surface area contributed by atoms with Crippen LogP contribution in [0.1, 0.15) is 64.7 Å². The number of nitrogens with zero attached hydrogens (tertiary/aromatic N) is 2. The molecule has 2 saturated heterocycles. The number of likely N-dealkylation sites (tertiary alicyclic amines) is 2. The third-order valence-corrected chi connectivity index (χ3v) is 6.16. The normalized spacial score (nSPS) is 27.4. The summed E-state index contributed by atoms with van der Waals surface area (Å²) in [7, 11) is 0. The molecule has 0 spiro atoms. The number of piperidine rings is 1. The zero-order valence-electron chi connectivity index (χ0n) is 15.4. The smallest absolute Gasteiger partial charge is 0.317 e. The van der Waals surface area contributed by atoms with Crippen LogP contribution in [0.4, 0.5) is 4.79 Å². The molecule has 0 aromatic rings. The van der Waals surface area contributed by atoms with E-state index in [1.54, 1.807) is 0 Å². The van der Waals surface area contributed by atoms with E-state index in [-0.39, 0.29) is 6.03 Å². The Morgan fingerprint density at radius 2 is 1.71 bits per heavy atom. The Morgan fingerprint density at radius 1 is 1.00 bits per heavy atom. The van der Waals surface area contributed by atoms with Gasteiger partial charge in [0.25, 0.3) is 0 Å². The first-order valence-corrected chi connectivity index (χ1v) is 10.1. The third-order valence-electron chi connectivity index (χ3n) is 6.16. The maximum absolute atomic E-state index is 12.8. The number of nitrogens with one attached hydrogen (secondary N) is 1. The van der Waals surface area contributed by atoms with E-state index in [4.69, 9.17) is 0 Å². The molecule has 136 valence electrons. The zero-order valence-corrected chi connectivity index (χ0v) is 15.4. The summed E-state index contributed by atoms with van der Waals surface area (Å²) in [6.07, 6.45) is 11.3. The van der Waals surface area contributed by atoms with Crippen molar-refractivity contribution in [1.82, 2.24) is 15.1 Å². The molecule has 3 rings (SSSR count). The molecule has 0 bridgehead atoms. The Balaban J connectivity index is 1.47. The van der Waals surface area contributed by atoms with Gasteiger partial charge in [0.05, 0.1) is 0 Å². The molecule has 24 heavy (non-hydrogen) atoms. The molecular formula is C20H35N3O. The molecule has 0 radical (unpaired) electrons. The van der Waals surface area contributed by atoms with Gasteiger partial charge in [-0.05, 0) is 51.4 Å². The zero-order chi connectivity index (χ0) is 16.9. The second kappa shape index (κ2) is 8.37. The predicted molar refractivity (Wildman–Crippen MR) is 99.1 cm³/mol. The van der Waals surface area contributed by atoms with Crippen molar-refractivity contribution in [1.29, 1.82) is 0 Å². The largest absolute Gasteiger partial charge is 0.335 e. The van der Waals surface area contributed by atoms with Crippen LogP contribution in [-0.4, -0.2) is 54.1 Å². The first kappa shape index (κ1) is 17.8. The van der Waals surface area contributed by atoms with Gasteiger partial charge in [0.2, 0.25) is 0 Å². The SMILES string of the molecule is C=C(C)CN1CCC(NC(=O)N2CCC[C@H]2C2CCCCC2)CC1. The highest BCUT2D eigenvalue weighted by atomic mass is 16.2. The lowest BCUT2D eigenvalue weighted by Crippen LogP contribution is -2.51. The van der Waals surface area contributed by atoms with Gasteiger partial charge in [0.1, 0.15) is 0 Å². The summed E-state index contributed by atoms with van der Waals surface area (Å²) in [6, 6.07) is 1.07. The summed E-state index contributed by atoms with van der Waals surface area (Å²) >= 11 is 0. The summed E-state index contributed by atoms with van der Waals surface area (Å²) in [5.74, 6) is 0.754. The standard InChI is InChI=1S/C20H35N3O/c1-16(2)15-22-13-10-18(11-14-22)21-20(24)23-12-6-9-19(23)17-7-4-3-5-8-17/h17-19H,1,3-15H2,2H3,(H,21,24)/t19-/m0/s1. The molecule has 0 unspecified atom stereocenters. The van der Waals surface area contributed by atoms with Gasteiger partial charge in [0, 0.05) is 38.3 Å². The lowest BCUT2D eigenvalue weighted by Gasteiger charge is -2.37. The fourth-order valence-corrected chi connectivity index (χ4v) is 4.93. The molecule has 3 aliphatic rings. The molecule has 0 aromatic heterocycles. The maximum atomic E-state index is 12.8. The van der Waals surface area contributed by atoms with E-state index >= 15 is 0 Å². The number of urea groups is 1. The average Bonchev–Trinajstić information content (AvgIpc) is 3.07. The summed E-state index contributed by atoms with van der Waals surface area (Å²) in [5.41, 5.74) is 1.23. The van der Waals surface area contributed by atoms with Crippen LogP contribution >= 0.6 is 0 Å². The second-order valence-corrected chi connectivity index (χ2v) is 8.26. The Labute approximate surface area is 147 Å². The van der Waals surface area contributed by atoms with E-state index in [1.165, 1.54) is 50.5 Å². The Hall–Kier alpha value is -1.03. The average molecular weight is 334 g/mol. The lowest BCUT2D eigenvalue weighted by molar-refractivity contribution is 0.146. The second-order valence-electron chi connectivity index (χ2n) is 8.26. The highest BCUT2D eigenvalue weighted by molar-refractivity contribution is 5.75. The molecule has 0 aromatic carbocycles. The van der Waals surface area contributed by atoms with Gasteiger partial charge in [-0.25, -0.2) is 4.79 Å². The van der Waals surface area contributed by atoms with Gasteiger partial charge in [-0.3, -0.25) is 4.90 Å². The van der Waals surface area contributed by atoms with Crippen LogP contribution in [0.3, 0.4) is 0 Å². The Kier molecular flexibility index (Phi) is 6.20. The van der Waals surface area contributed by atoms with E-state index in [1.807, 2.05) is 0 Å². The van der Waals surface area contributed by atoms with Crippen molar-refractivity contribution in [2.75, 3.05) is 26.2 Å². The third kappa shape index (κ3) is 4.53. The minimum Gasteiger partial charge on any atom is -0.335 e. The van der Waals surface area contributed by atoms with Crippen LogP contribution < -0.4 is 5.32 Å². The number of amides is 2. The quantitative estimate of drug-likeness (QED) is 0.795. The van der Waals surface area contributed by atoms with Gasteiger partial charge in [-0.1, -0.05) is 31.4 Å². The lowest BCUT2D eigenvalue weighted by atomic mass is 9.83. The molecule has 1 saturated carbocycles. The van der Waals surface area contributed by atoms with Crippen molar-refractivity contribution in [3.8, 4) is 0 Å². The fraction of sp³-hybridized carbons (Fsp3) is 0.850. The molecule has 3 fully saturated rings. The summed E-state index contributed by atoms with van der Waals surface area (Å²) in [4.78, 5) is 17.4. The van der Waals surface area contributed by atoms with E-state index in [2.05, 4.69) is 28.6 Å². The van der Waals surface area contributed by atoms with Gasteiger partial charge >= 0.3 is 6.03 Å². The maximum Gasteiger partial charge on any atom is 0.317 e. The van der Waals surface area contributed by atoms with E-state index in [0.29, 0.717) is 12.1 Å². The summed E-state index contributed by atoms with van der Waals surface area (Å²) < 4.78 is 0. The monoisotopic (exact) mass is 333 g/mol. The topological polar surface area (TPSA) is 35.6 Å². The van der Waals surface area contributed by atoms with Crippen molar-refractivity contribution in [3.05, 3.63) is 12.2 Å². The van der Waals surface area contributed by atoms with Crippen molar-refractivity contribution in [2.45, 2.75) is 76.8 Å². The van der Waals surface area contributed by atoms with Crippen LogP contribution in [0.2, 0.25) is 0 Å². The van der Waals surface area contributed by atoms with Crippen molar-refractivity contribution in [2.24, 2.45) is 5.92 Å². The molecule has 2 amide bonds. The van der Waals surface area contributed by atoms with Gasteiger partial charge in [0.15, 0.2) is 0 Å². The van der Waals surface area contributed by atoms with Crippen molar-refractivity contribution in [3.63, 3.8) is 0 Å². The first-order valence-electron chi connectivity index (χ1n) is 10.1. The molecule has 4 heteroatoms. The number of hydrogen-bond acceptors (Lipinski definition) is 2. The summed E-state index contributed by atoms with van der Waals surface area (Å²) in [6.45, 7) is 10.2. The Morgan fingerprint density at radius 3 is 2.38 bits per heavy atom. The first-order chi connectivity index (χ1) is 11.6. The molecule has 1 aliphatic carbocycles. The molecule has 1 N–H and O–H groups in total. The van der Waals surface area contributed by atoms with Crippen LogP contribution in [0, 0.1) is 5.92 Å². The van der Waals surface area contributed by atoms with Crippen molar-refractivity contribution < 1.29 is 4.79 Å². The number of carbonyl (C=O) groups is 1. The number of rotatable bonds is 4. The number of carbonyl (C=O) groups excluding carboxylic acids is 1. The molecule has 1 atom stereocenters. The predicted octanol–water partition coefficient (Wildman–Crippen LogP) is 3.78. The van der Waals surface area contributed by atoms with Gasteiger partial charge in [-0.2, -0.15) is 0 Å². The molecule has 2 aliphatic heterocycles. The highest BCUT2D eigenvalue weighted by Gasteiger charge is 2.36. The van der Waals surface area contributed by atoms with Crippen LogP contribution in [0.15, 0.2) is 12.2 Å². The van der Waals surface area contributed by atoms with Crippen LogP contribution in [0.5, 0.6) is 0 Å². The molecule has 2 heterocycles. The highest BCUT2D eigenvalue weighted by Crippen LogP contribution is 2.34. The minimum atomic E-state index is 0.210. The van der Waals surface area contributed by atoms with E-state index in [9.17, 15) is 4.79 Å². The van der Waals surface area contributed by atoms with Crippen molar-refractivity contribution >= 4 is 6.03 Å². The van der Waals surface area contributed by atoms with E-state index < -0.39 is 0 Å². The van der Waals surface area contributed by atoms with E-state index in [0.717, 1.165) is 44.9 Å². The molecular weight excluding hydrogens is 298 g/mol.